The van der Waals surface area contributed by atoms with Crippen LogP contribution in [0.25, 0.3) is 0 Å². The summed E-state index contributed by atoms with van der Waals surface area (Å²) in [5, 5.41) is 1.04. The van der Waals surface area contributed by atoms with Crippen molar-refractivity contribution in [1.82, 2.24) is 0 Å². The van der Waals surface area contributed by atoms with Gasteiger partial charge in [-0.05, 0) is 33.5 Å². The molecule has 0 amide bonds. The number of alkyl halides is 1. The summed E-state index contributed by atoms with van der Waals surface area (Å²) in [5.41, 5.74) is 0.347. The fourth-order valence-electron chi connectivity index (χ4n) is 0.873. The largest absolute Gasteiger partial charge is 0.124 e. The van der Waals surface area contributed by atoms with Gasteiger partial charge < -0.3 is 0 Å². The van der Waals surface area contributed by atoms with Gasteiger partial charge in [-0.15, -0.1) is 11.8 Å². The Balaban J connectivity index is 2.58. The van der Waals surface area contributed by atoms with Gasteiger partial charge in [0.05, 0.1) is 0 Å². The second-order valence-corrected chi connectivity index (χ2v) is 6.45. The molecule has 1 aromatic carbocycles. The smallest absolute Gasteiger partial charge is 0.0311 e. The van der Waals surface area contributed by atoms with Gasteiger partial charge in [0.25, 0.3) is 0 Å². The fourth-order valence-corrected chi connectivity index (χ4v) is 2.99. The molecule has 0 nitrogen and oxygen atoms in total. The molecule has 3 heteroatoms. The standard InChI is InChI=1S/C11H14Br2S/c1-11(2,7-12)8-14-10-6-4-3-5-9(10)13/h3-6H,7-8H2,1-2H3. The third kappa shape index (κ3) is 3.95. The van der Waals surface area contributed by atoms with Crippen molar-refractivity contribution < 1.29 is 0 Å². The van der Waals surface area contributed by atoms with Crippen LogP contribution in [0.3, 0.4) is 0 Å². The molecule has 0 aliphatic rings. The van der Waals surface area contributed by atoms with E-state index in [1.165, 1.54) is 9.37 Å². The van der Waals surface area contributed by atoms with E-state index in [0.717, 1.165) is 11.1 Å². The molecule has 0 saturated heterocycles. The Labute approximate surface area is 107 Å². The fraction of sp³-hybridized carbons (Fsp3) is 0.455. The molecule has 0 saturated carbocycles. The Morgan fingerprint density at radius 1 is 1.29 bits per heavy atom. The van der Waals surface area contributed by atoms with Crippen LogP contribution in [0.4, 0.5) is 0 Å². The van der Waals surface area contributed by atoms with Crippen molar-refractivity contribution in [3.05, 3.63) is 28.7 Å². The third-order valence-electron chi connectivity index (χ3n) is 1.82. The van der Waals surface area contributed by atoms with E-state index in [4.69, 9.17) is 0 Å². The molecule has 0 spiro atoms. The van der Waals surface area contributed by atoms with E-state index in [1.807, 2.05) is 17.8 Å². The van der Waals surface area contributed by atoms with Crippen molar-refractivity contribution in [2.45, 2.75) is 18.7 Å². The zero-order valence-corrected chi connectivity index (χ0v) is 12.4. The second-order valence-electron chi connectivity index (χ2n) is 4.02. The molecule has 0 heterocycles. The van der Waals surface area contributed by atoms with Crippen LogP contribution in [-0.2, 0) is 0 Å². The molecule has 0 N–H and O–H groups in total. The first-order valence-corrected chi connectivity index (χ1v) is 7.38. The SMILES string of the molecule is CC(C)(CBr)CSc1ccccc1Br. The van der Waals surface area contributed by atoms with E-state index in [1.54, 1.807) is 0 Å². The van der Waals surface area contributed by atoms with Gasteiger partial charge in [0.15, 0.2) is 0 Å². The molecule has 0 unspecified atom stereocenters. The number of rotatable bonds is 4. The molecule has 0 bridgehead atoms. The lowest BCUT2D eigenvalue weighted by Gasteiger charge is -2.20. The summed E-state index contributed by atoms with van der Waals surface area (Å²) in [6.45, 7) is 4.54. The molecule has 14 heavy (non-hydrogen) atoms. The average molecular weight is 338 g/mol. The Morgan fingerprint density at radius 3 is 2.50 bits per heavy atom. The molecule has 1 aromatic rings. The van der Waals surface area contributed by atoms with Gasteiger partial charge in [-0.3, -0.25) is 0 Å². The molecule has 78 valence electrons. The van der Waals surface area contributed by atoms with Crippen molar-refractivity contribution >= 4 is 43.6 Å². The first kappa shape index (κ1) is 12.6. The maximum atomic E-state index is 3.55. The summed E-state index contributed by atoms with van der Waals surface area (Å²) in [6.07, 6.45) is 0. The lowest BCUT2D eigenvalue weighted by Crippen LogP contribution is -2.15. The third-order valence-corrected chi connectivity index (χ3v) is 5.88. The van der Waals surface area contributed by atoms with Crippen molar-refractivity contribution in [3.63, 3.8) is 0 Å². The van der Waals surface area contributed by atoms with Crippen LogP contribution in [0.15, 0.2) is 33.6 Å². The van der Waals surface area contributed by atoms with Crippen LogP contribution in [-0.4, -0.2) is 11.1 Å². The molecule has 1 rings (SSSR count). The van der Waals surface area contributed by atoms with Gasteiger partial charge in [-0.25, -0.2) is 0 Å². The van der Waals surface area contributed by atoms with Crippen LogP contribution in [0.5, 0.6) is 0 Å². The predicted octanol–water partition coefficient (Wildman–Crippen LogP) is 4.96. The molecule has 0 aliphatic carbocycles. The monoisotopic (exact) mass is 336 g/mol. The summed E-state index contributed by atoms with van der Waals surface area (Å²) in [6, 6.07) is 8.36. The van der Waals surface area contributed by atoms with Crippen molar-refractivity contribution in [1.29, 1.82) is 0 Å². The summed E-state index contributed by atoms with van der Waals surface area (Å²) in [5.74, 6) is 1.13. The molecule has 0 aromatic heterocycles. The highest BCUT2D eigenvalue weighted by Crippen LogP contribution is 2.32. The molecule has 0 atom stereocenters. The van der Waals surface area contributed by atoms with Crippen LogP contribution in [0.1, 0.15) is 13.8 Å². The number of halogens is 2. The Hall–Kier alpha value is 0.530. The minimum Gasteiger partial charge on any atom is -0.124 e. The topological polar surface area (TPSA) is 0 Å². The van der Waals surface area contributed by atoms with Gasteiger partial charge >= 0.3 is 0 Å². The number of hydrogen-bond donors (Lipinski definition) is 0. The first-order chi connectivity index (χ1) is 6.55. The van der Waals surface area contributed by atoms with Gasteiger partial charge in [-0.1, -0.05) is 41.9 Å². The quantitative estimate of drug-likeness (QED) is 0.552. The Kier molecular flexibility index (Phi) is 5.01. The van der Waals surface area contributed by atoms with Crippen molar-refractivity contribution in [2.75, 3.05) is 11.1 Å². The van der Waals surface area contributed by atoms with E-state index in [-0.39, 0.29) is 0 Å². The number of thioether (sulfide) groups is 1. The highest BCUT2D eigenvalue weighted by atomic mass is 79.9. The van der Waals surface area contributed by atoms with Gasteiger partial charge in [0.1, 0.15) is 0 Å². The molecule has 0 radical (unpaired) electrons. The summed E-state index contributed by atoms with van der Waals surface area (Å²) in [4.78, 5) is 1.32. The summed E-state index contributed by atoms with van der Waals surface area (Å²) in [7, 11) is 0. The normalized spacial score (nSPS) is 11.7. The number of benzene rings is 1. The zero-order chi connectivity index (χ0) is 10.6. The molecular formula is C11H14Br2S. The minimum atomic E-state index is 0.347. The Bertz CT molecular complexity index is 297. The van der Waals surface area contributed by atoms with E-state index in [2.05, 4.69) is 63.9 Å². The van der Waals surface area contributed by atoms with Crippen LogP contribution in [0.2, 0.25) is 0 Å². The molecular weight excluding hydrogens is 324 g/mol. The second kappa shape index (κ2) is 5.57. The van der Waals surface area contributed by atoms with Crippen LogP contribution in [0, 0.1) is 5.41 Å². The predicted molar refractivity (Wildman–Crippen MR) is 72.4 cm³/mol. The first-order valence-electron chi connectivity index (χ1n) is 4.48. The van der Waals surface area contributed by atoms with Crippen LogP contribution >= 0.6 is 43.6 Å². The lowest BCUT2D eigenvalue weighted by molar-refractivity contribution is 0.496. The van der Waals surface area contributed by atoms with Crippen molar-refractivity contribution in [2.24, 2.45) is 5.41 Å². The van der Waals surface area contributed by atoms with E-state index in [9.17, 15) is 0 Å². The number of hydrogen-bond acceptors (Lipinski definition) is 1. The van der Waals surface area contributed by atoms with Crippen LogP contribution < -0.4 is 0 Å². The van der Waals surface area contributed by atoms with Gasteiger partial charge in [-0.2, -0.15) is 0 Å². The zero-order valence-electron chi connectivity index (χ0n) is 8.39. The lowest BCUT2D eigenvalue weighted by atomic mass is 10.0. The minimum absolute atomic E-state index is 0.347. The van der Waals surface area contributed by atoms with E-state index < -0.39 is 0 Å². The van der Waals surface area contributed by atoms with E-state index >= 15 is 0 Å². The summed E-state index contributed by atoms with van der Waals surface area (Å²) >= 11 is 8.99. The van der Waals surface area contributed by atoms with Crippen molar-refractivity contribution in [3.8, 4) is 0 Å². The highest BCUT2D eigenvalue weighted by molar-refractivity contribution is 9.10. The van der Waals surface area contributed by atoms with Gasteiger partial charge in [0, 0.05) is 20.5 Å². The maximum Gasteiger partial charge on any atom is 0.0311 e. The maximum absolute atomic E-state index is 3.55. The Morgan fingerprint density at radius 2 is 1.93 bits per heavy atom. The molecule has 0 aliphatic heterocycles. The van der Waals surface area contributed by atoms with Gasteiger partial charge in [0.2, 0.25) is 0 Å². The molecule has 0 fully saturated rings. The average Bonchev–Trinajstić information content (AvgIpc) is 2.17. The summed E-state index contributed by atoms with van der Waals surface area (Å²) < 4.78 is 1.19. The van der Waals surface area contributed by atoms with E-state index in [0.29, 0.717) is 5.41 Å². The highest BCUT2D eigenvalue weighted by Gasteiger charge is 2.16.